The van der Waals surface area contributed by atoms with Crippen LogP contribution in [0.3, 0.4) is 0 Å². The van der Waals surface area contributed by atoms with Crippen molar-refractivity contribution in [2.24, 2.45) is 0 Å². The molecule has 1 atom stereocenters. The highest BCUT2D eigenvalue weighted by Gasteiger charge is 2.28. The zero-order valence-corrected chi connectivity index (χ0v) is 14.8. The van der Waals surface area contributed by atoms with Crippen molar-refractivity contribution in [3.05, 3.63) is 28.8 Å². The molecule has 0 spiro atoms. The number of alkyl halides is 2. The Hall–Kier alpha value is -1.97. The Bertz CT molecular complexity index is 662. The number of morpholine rings is 1. The summed E-state index contributed by atoms with van der Waals surface area (Å²) in [4.78, 5) is 26.5. The van der Waals surface area contributed by atoms with Gasteiger partial charge in [-0.1, -0.05) is 11.6 Å². The summed E-state index contributed by atoms with van der Waals surface area (Å²) in [5.41, 5.74) is -0.0580. The predicted molar refractivity (Wildman–Crippen MR) is 88.9 cm³/mol. The fourth-order valence-corrected chi connectivity index (χ4v) is 2.87. The minimum Gasteiger partial charge on any atom is -0.480 e. The topological polar surface area (TPSA) is 79.3 Å². The molecule has 1 heterocycles. The molecule has 1 N–H and O–H groups in total. The van der Waals surface area contributed by atoms with E-state index in [9.17, 15) is 18.4 Å². The van der Waals surface area contributed by atoms with Gasteiger partial charge in [-0.3, -0.25) is 14.5 Å². The molecule has 26 heavy (non-hydrogen) atoms. The van der Waals surface area contributed by atoms with Gasteiger partial charge in [0.05, 0.1) is 24.8 Å². The molecule has 1 aromatic carbocycles. The van der Waals surface area contributed by atoms with Crippen molar-refractivity contribution in [3.8, 4) is 5.75 Å². The smallest absolute Gasteiger partial charge is 0.387 e. The number of carboxylic acid groups (broad SMARTS) is 1. The van der Waals surface area contributed by atoms with Gasteiger partial charge in [0.1, 0.15) is 5.75 Å². The first-order chi connectivity index (χ1) is 12.3. The van der Waals surface area contributed by atoms with Crippen molar-refractivity contribution in [3.63, 3.8) is 0 Å². The Morgan fingerprint density at radius 1 is 1.50 bits per heavy atom. The molecule has 7 nitrogen and oxygen atoms in total. The first-order valence-corrected chi connectivity index (χ1v) is 8.19. The lowest BCUT2D eigenvalue weighted by atomic mass is 10.1. The van der Waals surface area contributed by atoms with Gasteiger partial charge >= 0.3 is 12.6 Å². The van der Waals surface area contributed by atoms with Crippen LogP contribution in [0.2, 0.25) is 5.02 Å². The Balaban J connectivity index is 2.09. The van der Waals surface area contributed by atoms with Gasteiger partial charge in [-0.15, -0.1) is 0 Å². The minimum absolute atomic E-state index is 0.0580. The van der Waals surface area contributed by atoms with Crippen molar-refractivity contribution in [1.82, 2.24) is 9.80 Å². The second-order valence-electron chi connectivity index (χ2n) is 5.85. The molecule has 2 rings (SSSR count). The number of rotatable bonds is 7. The van der Waals surface area contributed by atoms with E-state index >= 15 is 0 Å². The molecule has 1 unspecified atom stereocenters. The van der Waals surface area contributed by atoms with E-state index in [0.29, 0.717) is 6.54 Å². The predicted octanol–water partition coefficient (Wildman–Crippen LogP) is 1.80. The largest absolute Gasteiger partial charge is 0.480 e. The second kappa shape index (κ2) is 9.11. The highest BCUT2D eigenvalue weighted by atomic mass is 35.5. The summed E-state index contributed by atoms with van der Waals surface area (Å²) in [6.45, 7) is -2.18. The van der Waals surface area contributed by atoms with Crippen LogP contribution in [0.5, 0.6) is 5.75 Å². The van der Waals surface area contributed by atoms with Crippen LogP contribution in [-0.2, 0) is 9.53 Å². The molecule has 1 aliphatic rings. The van der Waals surface area contributed by atoms with Crippen LogP contribution in [0.4, 0.5) is 8.78 Å². The third kappa shape index (κ3) is 5.79. The van der Waals surface area contributed by atoms with Gasteiger partial charge in [0.2, 0.25) is 0 Å². The average molecular weight is 393 g/mol. The van der Waals surface area contributed by atoms with Crippen molar-refractivity contribution in [2.45, 2.75) is 12.7 Å². The van der Waals surface area contributed by atoms with Crippen LogP contribution in [0.1, 0.15) is 10.4 Å². The number of nitrogens with zero attached hydrogens (tertiary/aromatic N) is 2. The number of likely N-dealkylation sites (N-methyl/N-ethyl adjacent to an activating group) is 1. The molecule has 1 saturated heterocycles. The highest BCUT2D eigenvalue weighted by Crippen LogP contribution is 2.26. The second-order valence-corrected chi connectivity index (χ2v) is 6.29. The van der Waals surface area contributed by atoms with Crippen LogP contribution in [0.25, 0.3) is 0 Å². The number of halogens is 3. The molecule has 0 bridgehead atoms. The van der Waals surface area contributed by atoms with E-state index in [1.807, 2.05) is 0 Å². The zero-order chi connectivity index (χ0) is 19.3. The zero-order valence-electron chi connectivity index (χ0n) is 14.0. The number of carbonyl (C=O) groups is 2. The first-order valence-electron chi connectivity index (χ1n) is 7.82. The normalized spacial score (nSPS) is 17.6. The number of aliphatic carboxylic acids is 1. The summed E-state index contributed by atoms with van der Waals surface area (Å²) < 4.78 is 35.1. The van der Waals surface area contributed by atoms with Crippen LogP contribution in [0, 0.1) is 0 Å². The van der Waals surface area contributed by atoms with Crippen LogP contribution in [-0.4, -0.2) is 79.3 Å². The van der Waals surface area contributed by atoms with E-state index in [1.165, 1.54) is 23.1 Å². The van der Waals surface area contributed by atoms with E-state index in [0.717, 1.165) is 0 Å². The average Bonchev–Trinajstić information content (AvgIpc) is 2.55. The Labute approximate surface area is 154 Å². The van der Waals surface area contributed by atoms with Crippen molar-refractivity contribution < 1.29 is 33.0 Å². The van der Waals surface area contributed by atoms with Crippen molar-refractivity contribution >= 4 is 23.5 Å². The van der Waals surface area contributed by atoms with Gasteiger partial charge in [-0.05, 0) is 25.2 Å². The molecule has 0 aromatic heterocycles. The Morgan fingerprint density at radius 2 is 2.23 bits per heavy atom. The fraction of sp³-hybridized carbons (Fsp3) is 0.500. The van der Waals surface area contributed by atoms with Crippen molar-refractivity contribution in [1.29, 1.82) is 0 Å². The third-order valence-corrected chi connectivity index (χ3v) is 3.97. The third-order valence-electron chi connectivity index (χ3n) is 3.73. The van der Waals surface area contributed by atoms with Gasteiger partial charge in [-0.25, -0.2) is 0 Å². The first kappa shape index (κ1) is 20.3. The maximum Gasteiger partial charge on any atom is 0.387 e. The molecule has 0 radical (unpaired) electrons. The number of ether oxygens (including phenoxy) is 2. The minimum atomic E-state index is -3.06. The standard InChI is InChI=1S/C16H19ClF2N2O5/c1-20(9-14(22)23)7-11-8-21(4-5-25-11)15(24)12-6-10(17)2-3-13(12)26-16(18)19/h2-3,6,11,16H,4-5,7-9H2,1H3,(H,22,23). The van der Waals surface area contributed by atoms with E-state index < -0.39 is 24.6 Å². The number of amides is 1. The van der Waals surface area contributed by atoms with Gasteiger partial charge < -0.3 is 19.5 Å². The molecule has 1 aromatic rings. The SMILES string of the molecule is CN(CC(=O)O)CC1CN(C(=O)c2cc(Cl)ccc2OC(F)F)CCO1. The number of carbonyl (C=O) groups excluding carboxylic acids is 1. The number of hydrogen-bond acceptors (Lipinski definition) is 5. The molecule has 1 aliphatic heterocycles. The summed E-state index contributed by atoms with van der Waals surface area (Å²) in [5, 5.41) is 9.02. The Kier molecular flexibility index (Phi) is 7.13. The van der Waals surface area contributed by atoms with Gasteiger partial charge in [-0.2, -0.15) is 8.78 Å². The maximum absolute atomic E-state index is 12.7. The molecular weight excluding hydrogens is 374 g/mol. The van der Waals surface area contributed by atoms with E-state index in [-0.39, 0.29) is 42.6 Å². The lowest BCUT2D eigenvalue weighted by Crippen LogP contribution is -2.49. The maximum atomic E-state index is 12.7. The number of hydrogen-bond donors (Lipinski definition) is 1. The van der Waals surface area contributed by atoms with Gasteiger partial charge in [0, 0.05) is 24.7 Å². The van der Waals surface area contributed by atoms with Gasteiger partial charge in [0.25, 0.3) is 5.91 Å². The fourth-order valence-electron chi connectivity index (χ4n) is 2.70. The number of benzene rings is 1. The summed E-state index contributed by atoms with van der Waals surface area (Å²) in [5.74, 6) is -1.72. The molecule has 1 fully saturated rings. The molecule has 10 heteroatoms. The summed E-state index contributed by atoms with van der Waals surface area (Å²) >= 11 is 5.88. The number of carboxylic acids is 1. The monoisotopic (exact) mass is 392 g/mol. The van der Waals surface area contributed by atoms with E-state index in [2.05, 4.69) is 4.74 Å². The quantitative estimate of drug-likeness (QED) is 0.762. The lowest BCUT2D eigenvalue weighted by Gasteiger charge is -2.34. The summed E-state index contributed by atoms with van der Waals surface area (Å²) in [7, 11) is 1.63. The van der Waals surface area contributed by atoms with Crippen LogP contribution >= 0.6 is 11.6 Å². The van der Waals surface area contributed by atoms with Gasteiger partial charge in [0.15, 0.2) is 0 Å². The molecule has 144 valence electrons. The summed E-state index contributed by atoms with van der Waals surface area (Å²) in [6, 6.07) is 3.86. The Morgan fingerprint density at radius 3 is 2.88 bits per heavy atom. The van der Waals surface area contributed by atoms with Crippen molar-refractivity contribution in [2.75, 3.05) is 39.8 Å². The van der Waals surface area contributed by atoms with E-state index in [1.54, 1.807) is 11.9 Å². The van der Waals surface area contributed by atoms with Crippen LogP contribution in [0.15, 0.2) is 18.2 Å². The van der Waals surface area contributed by atoms with E-state index in [4.69, 9.17) is 21.4 Å². The molecule has 0 aliphatic carbocycles. The molecule has 1 amide bonds. The lowest BCUT2D eigenvalue weighted by molar-refractivity contribution is -0.138. The molecular formula is C16H19ClF2N2O5. The van der Waals surface area contributed by atoms with Crippen LogP contribution < -0.4 is 4.74 Å². The molecule has 0 saturated carbocycles. The summed E-state index contributed by atoms with van der Waals surface area (Å²) in [6.07, 6.45) is -0.393. The highest BCUT2D eigenvalue weighted by molar-refractivity contribution is 6.31.